The molecule has 0 radical (unpaired) electrons. The van der Waals surface area contributed by atoms with Crippen molar-refractivity contribution >= 4 is 10.1 Å². The number of aromatic hydroxyl groups is 2. The first-order valence-electron chi connectivity index (χ1n) is 4.49. The van der Waals surface area contributed by atoms with E-state index in [0.717, 1.165) is 6.07 Å². The monoisotopic (exact) mass is 247 g/mol. The van der Waals surface area contributed by atoms with E-state index in [1.807, 2.05) is 0 Å². The lowest BCUT2D eigenvalue weighted by atomic mass is 10.1. The summed E-state index contributed by atoms with van der Waals surface area (Å²) in [5.41, 5.74) is 0.201. The Labute approximate surface area is 93.3 Å². The summed E-state index contributed by atoms with van der Waals surface area (Å²) in [5, 5.41) is 19.8. The van der Waals surface area contributed by atoms with Crippen molar-refractivity contribution in [1.82, 2.24) is 5.32 Å². The molecule has 0 aliphatic heterocycles. The Morgan fingerprint density at radius 1 is 1.31 bits per heavy atom. The SMILES string of the molecule is CNCC(c1ccc(O)c(O)c1)S(=O)(=O)O. The molecule has 0 saturated carbocycles. The zero-order valence-electron chi connectivity index (χ0n) is 8.58. The maximum Gasteiger partial charge on any atom is 0.273 e. The fraction of sp³-hybridized carbons (Fsp3) is 0.333. The molecule has 7 heteroatoms. The minimum atomic E-state index is -4.26. The number of hydrogen-bond acceptors (Lipinski definition) is 5. The van der Waals surface area contributed by atoms with Crippen LogP contribution in [0.2, 0.25) is 0 Å². The largest absolute Gasteiger partial charge is 0.504 e. The van der Waals surface area contributed by atoms with E-state index in [1.165, 1.54) is 12.1 Å². The molecule has 0 fully saturated rings. The van der Waals surface area contributed by atoms with Crippen LogP contribution < -0.4 is 5.32 Å². The minimum Gasteiger partial charge on any atom is -0.504 e. The first-order chi connectivity index (χ1) is 7.36. The highest BCUT2D eigenvalue weighted by molar-refractivity contribution is 7.86. The number of likely N-dealkylation sites (N-methyl/N-ethyl adjacent to an activating group) is 1. The highest BCUT2D eigenvalue weighted by Crippen LogP contribution is 2.30. The predicted octanol–water partition coefficient (Wildman–Crippen LogP) is 0.246. The molecule has 0 saturated heterocycles. The molecule has 0 aromatic heterocycles. The second-order valence-corrected chi connectivity index (χ2v) is 4.91. The number of benzene rings is 1. The summed E-state index contributed by atoms with van der Waals surface area (Å²) in [6.45, 7) is 0.00302. The second kappa shape index (κ2) is 4.69. The molecule has 1 rings (SSSR count). The number of phenols is 2. The van der Waals surface area contributed by atoms with Crippen LogP contribution in [0.3, 0.4) is 0 Å². The molecule has 90 valence electrons. The Hall–Kier alpha value is -1.31. The van der Waals surface area contributed by atoms with Gasteiger partial charge < -0.3 is 15.5 Å². The Balaban J connectivity index is 3.17. The van der Waals surface area contributed by atoms with Crippen molar-refractivity contribution in [2.75, 3.05) is 13.6 Å². The topological polar surface area (TPSA) is 107 Å². The maximum absolute atomic E-state index is 11.1. The summed E-state index contributed by atoms with van der Waals surface area (Å²) in [6, 6.07) is 3.59. The lowest BCUT2D eigenvalue weighted by Crippen LogP contribution is -2.24. The van der Waals surface area contributed by atoms with Crippen LogP contribution in [0.1, 0.15) is 10.8 Å². The van der Waals surface area contributed by atoms with E-state index in [-0.39, 0.29) is 17.9 Å². The van der Waals surface area contributed by atoms with Crippen LogP contribution in [0.5, 0.6) is 11.5 Å². The van der Waals surface area contributed by atoms with Gasteiger partial charge in [0.05, 0.1) is 0 Å². The molecular weight excluding hydrogens is 234 g/mol. The third kappa shape index (κ3) is 2.84. The van der Waals surface area contributed by atoms with E-state index in [0.29, 0.717) is 0 Å². The van der Waals surface area contributed by atoms with E-state index < -0.39 is 21.1 Å². The molecule has 0 aliphatic carbocycles. The molecule has 1 aromatic rings. The number of phenolic OH excluding ortho intramolecular Hbond substituents is 2. The molecule has 0 aliphatic rings. The normalized spacial score (nSPS) is 13.6. The summed E-state index contributed by atoms with van der Waals surface area (Å²) in [4.78, 5) is 0. The van der Waals surface area contributed by atoms with E-state index in [4.69, 9.17) is 9.66 Å². The molecule has 6 nitrogen and oxygen atoms in total. The standard InChI is InChI=1S/C9H13NO5S/c1-10-5-9(16(13,14)15)6-2-3-7(11)8(12)4-6/h2-4,9-12H,5H2,1H3,(H,13,14,15). The fourth-order valence-corrected chi connectivity index (χ4v) is 2.19. The van der Waals surface area contributed by atoms with Gasteiger partial charge in [-0.25, -0.2) is 0 Å². The van der Waals surface area contributed by atoms with Crippen molar-refractivity contribution in [1.29, 1.82) is 0 Å². The van der Waals surface area contributed by atoms with Crippen LogP contribution in [0.4, 0.5) is 0 Å². The average molecular weight is 247 g/mol. The second-order valence-electron chi connectivity index (χ2n) is 3.31. The lowest BCUT2D eigenvalue weighted by Gasteiger charge is -2.14. The molecule has 0 amide bonds. The van der Waals surface area contributed by atoms with Crippen LogP contribution in [0.25, 0.3) is 0 Å². The van der Waals surface area contributed by atoms with Crippen molar-refractivity contribution < 1.29 is 23.2 Å². The Kier molecular flexibility index (Phi) is 3.74. The van der Waals surface area contributed by atoms with Crippen LogP contribution in [-0.2, 0) is 10.1 Å². The third-order valence-electron chi connectivity index (χ3n) is 2.12. The van der Waals surface area contributed by atoms with Gasteiger partial charge in [-0.2, -0.15) is 8.42 Å². The molecule has 1 aromatic carbocycles. The van der Waals surface area contributed by atoms with E-state index in [2.05, 4.69) is 5.32 Å². The summed E-state index contributed by atoms with van der Waals surface area (Å²) in [7, 11) is -2.72. The summed E-state index contributed by atoms with van der Waals surface area (Å²) >= 11 is 0. The Morgan fingerprint density at radius 2 is 1.94 bits per heavy atom. The van der Waals surface area contributed by atoms with Crippen molar-refractivity contribution in [2.45, 2.75) is 5.25 Å². The van der Waals surface area contributed by atoms with Gasteiger partial charge in [0.1, 0.15) is 5.25 Å². The van der Waals surface area contributed by atoms with Crippen LogP contribution >= 0.6 is 0 Å². The van der Waals surface area contributed by atoms with Crippen LogP contribution in [0, 0.1) is 0 Å². The van der Waals surface area contributed by atoms with Gasteiger partial charge in [-0.15, -0.1) is 0 Å². The minimum absolute atomic E-state index is 0.00302. The first-order valence-corrected chi connectivity index (χ1v) is 5.99. The number of nitrogens with one attached hydrogen (secondary N) is 1. The molecule has 1 atom stereocenters. The fourth-order valence-electron chi connectivity index (χ4n) is 1.32. The molecule has 0 heterocycles. The van der Waals surface area contributed by atoms with Gasteiger partial charge in [-0.1, -0.05) is 6.07 Å². The average Bonchev–Trinajstić information content (AvgIpc) is 2.17. The van der Waals surface area contributed by atoms with Gasteiger partial charge in [0.2, 0.25) is 0 Å². The summed E-state index contributed by atoms with van der Waals surface area (Å²) in [5.74, 6) is -0.774. The van der Waals surface area contributed by atoms with Crippen molar-refractivity contribution in [3.63, 3.8) is 0 Å². The van der Waals surface area contributed by atoms with E-state index in [1.54, 1.807) is 7.05 Å². The Morgan fingerprint density at radius 3 is 2.38 bits per heavy atom. The molecule has 4 N–H and O–H groups in total. The molecule has 16 heavy (non-hydrogen) atoms. The summed E-state index contributed by atoms with van der Waals surface area (Å²) < 4.78 is 31.2. The van der Waals surface area contributed by atoms with Crippen molar-refractivity contribution in [3.05, 3.63) is 23.8 Å². The van der Waals surface area contributed by atoms with Crippen LogP contribution in [0.15, 0.2) is 18.2 Å². The van der Waals surface area contributed by atoms with Gasteiger partial charge in [-0.05, 0) is 24.7 Å². The number of hydrogen-bond donors (Lipinski definition) is 4. The zero-order valence-corrected chi connectivity index (χ0v) is 9.40. The van der Waals surface area contributed by atoms with E-state index in [9.17, 15) is 13.5 Å². The van der Waals surface area contributed by atoms with Gasteiger partial charge in [-0.3, -0.25) is 4.55 Å². The van der Waals surface area contributed by atoms with Gasteiger partial charge in [0.25, 0.3) is 10.1 Å². The third-order valence-corrected chi connectivity index (χ3v) is 3.28. The van der Waals surface area contributed by atoms with Crippen molar-refractivity contribution in [2.24, 2.45) is 0 Å². The van der Waals surface area contributed by atoms with Gasteiger partial charge in [0.15, 0.2) is 11.5 Å². The number of rotatable bonds is 4. The highest BCUT2D eigenvalue weighted by atomic mass is 32.2. The molecule has 0 spiro atoms. The molecule has 0 bridgehead atoms. The Bertz CT molecular complexity index is 471. The quantitative estimate of drug-likeness (QED) is 0.448. The zero-order chi connectivity index (χ0) is 12.3. The predicted molar refractivity (Wildman–Crippen MR) is 58.0 cm³/mol. The van der Waals surface area contributed by atoms with Gasteiger partial charge in [0, 0.05) is 6.54 Å². The maximum atomic E-state index is 11.1. The molecule has 1 unspecified atom stereocenters. The molecular formula is C9H13NO5S. The smallest absolute Gasteiger partial charge is 0.273 e. The summed E-state index contributed by atoms with van der Waals surface area (Å²) in [6.07, 6.45) is 0. The van der Waals surface area contributed by atoms with Gasteiger partial charge >= 0.3 is 0 Å². The van der Waals surface area contributed by atoms with Crippen LogP contribution in [-0.4, -0.2) is 36.8 Å². The highest BCUT2D eigenvalue weighted by Gasteiger charge is 2.25. The first kappa shape index (κ1) is 12.8. The van der Waals surface area contributed by atoms with E-state index >= 15 is 0 Å². The lowest BCUT2D eigenvalue weighted by molar-refractivity contribution is 0.402. The van der Waals surface area contributed by atoms with Crippen molar-refractivity contribution in [3.8, 4) is 11.5 Å².